The van der Waals surface area contributed by atoms with E-state index in [1.165, 1.54) is 19.1 Å². The van der Waals surface area contributed by atoms with E-state index in [1.54, 1.807) is 24.3 Å². The SMILES string of the molecule is C[C@H](OC(=O)c1ccccc1Nc1ccccc1)C(=O)Nc1ccc(F)cc1Cl. The summed E-state index contributed by atoms with van der Waals surface area (Å²) in [7, 11) is 0. The fourth-order valence-electron chi connectivity index (χ4n) is 2.55. The predicted molar refractivity (Wildman–Crippen MR) is 111 cm³/mol. The summed E-state index contributed by atoms with van der Waals surface area (Å²) >= 11 is 5.91. The van der Waals surface area contributed by atoms with E-state index in [2.05, 4.69) is 10.6 Å². The zero-order valence-corrected chi connectivity index (χ0v) is 16.2. The van der Waals surface area contributed by atoms with Crippen LogP contribution in [0.3, 0.4) is 0 Å². The van der Waals surface area contributed by atoms with E-state index >= 15 is 0 Å². The van der Waals surface area contributed by atoms with Crippen molar-refractivity contribution in [3.63, 3.8) is 0 Å². The van der Waals surface area contributed by atoms with Gasteiger partial charge in [0.15, 0.2) is 6.10 Å². The molecule has 5 nitrogen and oxygen atoms in total. The second-order valence-electron chi connectivity index (χ2n) is 6.20. The molecule has 0 fully saturated rings. The van der Waals surface area contributed by atoms with Crippen molar-refractivity contribution in [3.8, 4) is 0 Å². The molecule has 3 aromatic rings. The van der Waals surface area contributed by atoms with Crippen molar-refractivity contribution in [1.82, 2.24) is 0 Å². The number of amides is 1. The summed E-state index contributed by atoms with van der Waals surface area (Å²) in [6.45, 7) is 1.44. The molecule has 0 aromatic heterocycles. The molecule has 2 N–H and O–H groups in total. The Morgan fingerprint density at radius 3 is 2.38 bits per heavy atom. The van der Waals surface area contributed by atoms with Gasteiger partial charge in [-0.3, -0.25) is 4.79 Å². The molecule has 0 heterocycles. The topological polar surface area (TPSA) is 67.4 Å². The first-order valence-electron chi connectivity index (χ1n) is 8.82. The maximum absolute atomic E-state index is 13.1. The third-order valence-electron chi connectivity index (χ3n) is 4.04. The zero-order valence-electron chi connectivity index (χ0n) is 15.5. The highest BCUT2D eigenvalue weighted by molar-refractivity contribution is 6.33. The lowest BCUT2D eigenvalue weighted by molar-refractivity contribution is -0.123. The van der Waals surface area contributed by atoms with Crippen molar-refractivity contribution in [1.29, 1.82) is 0 Å². The van der Waals surface area contributed by atoms with Crippen molar-refractivity contribution in [2.45, 2.75) is 13.0 Å². The lowest BCUT2D eigenvalue weighted by Crippen LogP contribution is -2.30. The van der Waals surface area contributed by atoms with Crippen LogP contribution in [-0.2, 0) is 9.53 Å². The minimum Gasteiger partial charge on any atom is -0.449 e. The second kappa shape index (κ2) is 9.21. The number of esters is 1. The molecule has 3 aromatic carbocycles. The number of para-hydroxylation sites is 2. The molecule has 3 rings (SSSR count). The van der Waals surface area contributed by atoms with Crippen LogP contribution in [0, 0.1) is 5.82 Å². The molecule has 0 aliphatic rings. The van der Waals surface area contributed by atoms with Gasteiger partial charge in [-0.05, 0) is 49.4 Å². The first kappa shape index (κ1) is 20.4. The average molecular weight is 413 g/mol. The van der Waals surface area contributed by atoms with Crippen LogP contribution in [-0.4, -0.2) is 18.0 Å². The molecule has 1 amide bonds. The van der Waals surface area contributed by atoms with Gasteiger partial charge in [0.05, 0.1) is 22.0 Å². The molecule has 0 unspecified atom stereocenters. The molecule has 7 heteroatoms. The zero-order chi connectivity index (χ0) is 20.8. The van der Waals surface area contributed by atoms with Crippen LogP contribution >= 0.6 is 11.6 Å². The Labute approximate surface area is 172 Å². The average Bonchev–Trinajstić information content (AvgIpc) is 2.71. The van der Waals surface area contributed by atoms with Gasteiger partial charge in [0.25, 0.3) is 5.91 Å². The number of carbonyl (C=O) groups is 2. The Balaban J connectivity index is 1.69. The molecule has 0 saturated heterocycles. The Morgan fingerprint density at radius 2 is 1.66 bits per heavy atom. The summed E-state index contributed by atoms with van der Waals surface area (Å²) in [6, 6.07) is 19.8. The summed E-state index contributed by atoms with van der Waals surface area (Å²) in [6.07, 6.45) is -1.09. The van der Waals surface area contributed by atoms with Crippen LogP contribution < -0.4 is 10.6 Å². The highest BCUT2D eigenvalue weighted by Crippen LogP contribution is 2.24. The number of hydrogen-bond donors (Lipinski definition) is 2. The lowest BCUT2D eigenvalue weighted by atomic mass is 10.1. The molecule has 1 atom stereocenters. The fourth-order valence-corrected chi connectivity index (χ4v) is 2.76. The number of anilines is 3. The molecule has 0 bridgehead atoms. The van der Waals surface area contributed by atoms with E-state index in [-0.39, 0.29) is 16.3 Å². The first-order chi connectivity index (χ1) is 13.9. The van der Waals surface area contributed by atoms with E-state index in [9.17, 15) is 14.0 Å². The number of hydrogen-bond acceptors (Lipinski definition) is 4. The minimum absolute atomic E-state index is 0.0503. The number of benzene rings is 3. The minimum atomic E-state index is -1.09. The Hall–Kier alpha value is -3.38. The number of ether oxygens (including phenoxy) is 1. The van der Waals surface area contributed by atoms with E-state index in [0.29, 0.717) is 5.69 Å². The Kier molecular flexibility index (Phi) is 6.46. The van der Waals surface area contributed by atoms with Crippen LogP contribution in [0.2, 0.25) is 5.02 Å². The van der Waals surface area contributed by atoms with Crippen molar-refractivity contribution in [3.05, 3.63) is 89.2 Å². The van der Waals surface area contributed by atoms with Crippen LogP contribution in [0.25, 0.3) is 0 Å². The fraction of sp³-hybridized carbons (Fsp3) is 0.0909. The van der Waals surface area contributed by atoms with E-state index in [0.717, 1.165) is 11.8 Å². The highest BCUT2D eigenvalue weighted by atomic mass is 35.5. The highest BCUT2D eigenvalue weighted by Gasteiger charge is 2.21. The largest absolute Gasteiger partial charge is 0.449 e. The maximum atomic E-state index is 13.1. The van der Waals surface area contributed by atoms with Gasteiger partial charge >= 0.3 is 5.97 Å². The maximum Gasteiger partial charge on any atom is 0.341 e. The predicted octanol–water partition coefficient (Wildman–Crippen LogP) is 5.41. The van der Waals surface area contributed by atoms with Gasteiger partial charge < -0.3 is 15.4 Å². The monoisotopic (exact) mass is 412 g/mol. The number of carbonyl (C=O) groups excluding carboxylic acids is 2. The number of nitrogens with one attached hydrogen (secondary N) is 2. The first-order valence-corrected chi connectivity index (χ1v) is 9.20. The van der Waals surface area contributed by atoms with Crippen LogP contribution in [0.4, 0.5) is 21.5 Å². The molecule has 0 aliphatic carbocycles. The summed E-state index contributed by atoms with van der Waals surface area (Å²) in [5, 5.41) is 5.72. The molecule has 148 valence electrons. The molecule has 0 aliphatic heterocycles. The van der Waals surface area contributed by atoms with Crippen LogP contribution in [0.15, 0.2) is 72.8 Å². The third kappa shape index (κ3) is 5.33. The smallest absolute Gasteiger partial charge is 0.341 e. The number of halogens is 2. The van der Waals surface area contributed by atoms with Crippen molar-refractivity contribution in [2.75, 3.05) is 10.6 Å². The van der Waals surface area contributed by atoms with Gasteiger partial charge in [0.2, 0.25) is 0 Å². The third-order valence-corrected chi connectivity index (χ3v) is 4.35. The second-order valence-corrected chi connectivity index (χ2v) is 6.60. The number of rotatable bonds is 6. The van der Waals surface area contributed by atoms with Gasteiger partial charge in [0, 0.05) is 5.69 Å². The van der Waals surface area contributed by atoms with E-state index in [1.807, 2.05) is 30.3 Å². The summed E-state index contributed by atoms with van der Waals surface area (Å²) in [4.78, 5) is 25.0. The van der Waals surface area contributed by atoms with Crippen LogP contribution in [0.5, 0.6) is 0 Å². The quantitative estimate of drug-likeness (QED) is 0.531. The Morgan fingerprint density at radius 1 is 0.966 bits per heavy atom. The van der Waals surface area contributed by atoms with Crippen molar-refractivity contribution in [2.24, 2.45) is 0 Å². The van der Waals surface area contributed by atoms with E-state index < -0.39 is 23.8 Å². The van der Waals surface area contributed by atoms with Gasteiger partial charge in [-0.25, -0.2) is 9.18 Å². The van der Waals surface area contributed by atoms with Gasteiger partial charge in [0.1, 0.15) is 5.82 Å². The van der Waals surface area contributed by atoms with Crippen molar-refractivity contribution >= 4 is 40.5 Å². The summed E-state index contributed by atoms with van der Waals surface area (Å²) in [5.41, 5.74) is 1.88. The van der Waals surface area contributed by atoms with Crippen LogP contribution in [0.1, 0.15) is 17.3 Å². The molecular formula is C22H18ClFN2O3. The molecule has 0 radical (unpaired) electrons. The molecule has 29 heavy (non-hydrogen) atoms. The van der Waals surface area contributed by atoms with Gasteiger partial charge in [-0.15, -0.1) is 0 Å². The summed E-state index contributed by atoms with van der Waals surface area (Å²) < 4.78 is 18.4. The lowest BCUT2D eigenvalue weighted by Gasteiger charge is -2.16. The van der Waals surface area contributed by atoms with E-state index in [4.69, 9.17) is 16.3 Å². The normalized spacial score (nSPS) is 11.4. The van der Waals surface area contributed by atoms with Crippen molar-refractivity contribution < 1.29 is 18.7 Å². The summed E-state index contributed by atoms with van der Waals surface area (Å²) in [5.74, 6) is -1.76. The van der Waals surface area contributed by atoms with Gasteiger partial charge in [-0.2, -0.15) is 0 Å². The molecule has 0 spiro atoms. The standard InChI is InChI=1S/C22H18ClFN2O3/c1-14(21(27)26-20-12-11-15(24)13-18(20)23)29-22(28)17-9-5-6-10-19(17)25-16-7-3-2-4-8-16/h2-14,25H,1H3,(H,26,27)/t14-/m0/s1. The van der Waals surface area contributed by atoms with Gasteiger partial charge in [-0.1, -0.05) is 41.9 Å². The molecular weight excluding hydrogens is 395 g/mol. The Bertz CT molecular complexity index is 1030. The molecule has 0 saturated carbocycles.